The van der Waals surface area contributed by atoms with E-state index in [0.717, 1.165) is 5.01 Å². The molecule has 0 bridgehead atoms. The van der Waals surface area contributed by atoms with Crippen molar-refractivity contribution in [3.8, 4) is 0 Å². The quantitative estimate of drug-likeness (QED) is 0.724. The highest BCUT2D eigenvalue weighted by Gasteiger charge is 2.37. The largest absolute Gasteiger partial charge is 0.339 e. The van der Waals surface area contributed by atoms with Gasteiger partial charge in [0.05, 0.1) is 17.5 Å². The molecule has 2 heterocycles. The van der Waals surface area contributed by atoms with Crippen molar-refractivity contribution in [1.82, 2.24) is 9.91 Å². The standard InChI is InChI=1S/C20H26N4O5S/c1-3-23(4-2)20(27)14-5-7-15(8-6-14)21-19(26)17-9-10-18(25)24(22-17)16-11-12-30(28,29)13-16/h5-8,16H,3-4,9-13H2,1-2H3,(H,21,26). The molecule has 9 nitrogen and oxygen atoms in total. The molecule has 0 saturated carbocycles. The van der Waals surface area contributed by atoms with Gasteiger partial charge in [-0.1, -0.05) is 0 Å². The van der Waals surface area contributed by atoms with Crippen molar-refractivity contribution in [2.75, 3.05) is 29.9 Å². The van der Waals surface area contributed by atoms with Crippen molar-refractivity contribution in [1.29, 1.82) is 0 Å². The molecule has 10 heteroatoms. The van der Waals surface area contributed by atoms with E-state index >= 15 is 0 Å². The third-order valence-electron chi connectivity index (χ3n) is 5.32. The van der Waals surface area contributed by atoms with Crippen LogP contribution in [0.15, 0.2) is 29.4 Å². The Morgan fingerprint density at radius 1 is 1.17 bits per heavy atom. The maximum atomic E-state index is 12.6. The maximum absolute atomic E-state index is 12.6. The Labute approximate surface area is 176 Å². The first-order chi connectivity index (χ1) is 14.2. The number of anilines is 1. The Kier molecular flexibility index (Phi) is 6.55. The minimum absolute atomic E-state index is 0.0249. The first kappa shape index (κ1) is 21.9. The lowest BCUT2D eigenvalue weighted by Gasteiger charge is -2.27. The van der Waals surface area contributed by atoms with Gasteiger partial charge in [0.1, 0.15) is 5.71 Å². The lowest BCUT2D eigenvalue weighted by molar-refractivity contribution is -0.133. The summed E-state index contributed by atoms with van der Waals surface area (Å²) in [6.45, 7) is 5.06. The molecule has 1 unspecified atom stereocenters. The summed E-state index contributed by atoms with van der Waals surface area (Å²) in [6.07, 6.45) is 0.633. The van der Waals surface area contributed by atoms with E-state index in [1.54, 1.807) is 29.2 Å². The first-order valence-corrected chi connectivity index (χ1v) is 11.9. The highest BCUT2D eigenvalue weighted by molar-refractivity contribution is 7.91. The number of hydrazone groups is 1. The van der Waals surface area contributed by atoms with Crippen LogP contribution in [0.3, 0.4) is 0 Å². The molecular weight excluding hydrogens is 408 g/mol. The van der Waals surface area contributed by atoms with E-state index in [9.17, 15) is 22.8 Å². The molecule has 1 fully saturated rings. The van der Waals surface area contributed by atoms with Crippen molar-refractivity contribution >= 4 is 39.0 Å². The molecular formula is C20H26N4O5S. The number of hydrogen-bond donors (Lipinski definition) is 1. The predicted octanol–water partition coefficient (Wildman–Crippen LogP) is 1.27. The summed E-state index contributed by atoms with van der Waals surface area (Å²) < 4.78 is 23.4. The van der Waals surface area contributed by atoms with Crippen LogP contribution in [-0.2, 0) is 19.4 Å². The zero-order valence-electron chi connectivity index (χ0n) is 17.1. The highest BCUT2D eigenvalue weighted by atomic mass is 32.2. The highest BCUT2D eigenvalue weighted by Crippen LogP contribution is 2.22. The monoisotopic (exact) mass is 434 g/mol. The van der Waals surface area contributed by atoms with Crippen LogP contribution in [0.4, 0.5) is 5.69 Å². The van der Waals surface area contributed by atoms with Crippen molar-refractivity contribution in [2.24, 2.45) is 5.10 Å². The molecule has 162 valence electrons. The van der Waals surface area contributed by atoms with Gasteiger partial charge in [-0.3, -0.25) is 14.4 Å². The van der Waals surface area contributed by atoms with Crippen molar-refractivity contribution in [3.05, 3.63) is 29.8 Å². The Bertz CT molecular complexity index is 967. The number of benzene rings is 1. The number of rotatable bonds is 6. The van der Waals surface area contributed by atoms with Crippen LogP contribution in [0, 0.1) is 0 Å². The molecule has 1 aromatic carbocycles. The first-order valence-electron chi connectivity index (χ1n) is 10.0. The average Bonchev–Trinajstić information content (AvgIpc) is 3.09. The van der Waals surface area contributed by atoms with Crippen LogP contribution in [-0.4, -0.2) is 72.4 Å². The summed E-state index contributed by atoms with van der Waals surface area (Å²) in [5.74, 6) is -0.893. The van der Waals surface area contributed by atoms with Crippen LogP contribution in [0.1, 0.15) is 43.5 Å². The number of carbonyl (C=O) groups is 3. The Morgan fingerprint density at radius 3 is 2.40 bits per heavy atom. The summed E-state index contributed by atoms with van der Waals surface area (Å²) in [7, 11) is -3.17. The van der Waals surface area contributed by atoms with Gasteiger partial charge in [0.25, 0.3) is 11.8 Å². The number of amides is 3. The number of carbonyl (C=O) groups excluding carboxylic acids is 3. The number of hydrogen-bond acceptors (Lipinski definition) is 6. The molecule has 0 spiro atoms. The molecule has 3 rings (SSSR count). The van der Waals surface area contributed by atoms with Gasteiger partial charge in [0, 0.05) is 37.2 Å². The smallest absolute Gasteiger partial charge is 0.271 e. The Hall–Kier alpha value is -2.75. The van der Waals surface area contributed by atoms with Gasteiger partial charge in [0.15, 0.2) is 9.84 Å². The molecule has 1 N–H and O–H groups in total. The molecule has 1 saturated heterocycles. The van der Waals surface area contributed by atoms with Crippen molar-refractivity contribution < 1.29 is 22.8 Å². The third kappa shape index (κ3) is 4.86. The second kappa shape index (κ2) is 8.95. The van der Waals surface area contributed by atoms with E-state index in [2.05, 4.69) is 10.4 Å². The lowest BCUT2D eigenvalue weighted by Crippen LogP contribution is -2.42. The van der Waals surface area contributed by atoms with Crippen LogP contribution in [0.25, 0.3) is 0 Å². The molecule has 3 amide bonds. The van der Waals surface area contributed by atoms with Gasteiger partial charge in [-0.25, -0.2) is 13.4 Å². The van der Waals surface area contributed by atoms with Crippen LogP contribution in [0.2, 0.25) is 0 Å². The van der Waals surface area contributed by atoms with Crippen LogP contribution >= 0.6 is 0 Å². The molecule has 0 aromatic heterocycles. The molecule has 2 aliphatic rings. The zero-order valence-corrected chi connectivity index (χ0v) is 17.9. The van der Waals surface area contributed by atoms with E-state index in [-0.39, 0.29) is 41.9 Å². The summed E-state index contributed by atoms with van der Waals surface area (Å²) >= 11 is 0. The Balaban J connectivity index is 1.68. The fourth-order valence-electron chi connectivity index (χ4n) is 3.58. The van der Waals surface area contributed by atoms with E-state index in [1.165, 1.54) is 0 Å². The van der Waals surface area contributed by atoms with Gasteiger partial charge in [0.2, 0.25) is 5.91 Å². The lowest BCUT2D eigenvalue weighted by atomic mass is 10.1. The number of sulfone groups is 1. The van der Waals surface area contributed by atoms with Gasteiger partial charge < -0.3 is 10.2 Å². The van der Waals surface area contributed by atoms with Crippen molar-refractivity contribution in [2.45, 2.75) is 39.2 Å². The fraction of sp³-hybridized carbons (Fsp3) is 0.500. The van der Waals surface area contributed by atoms with Gasteiger partial charge in [-0.2, -0.15) is 5.10 Å². The topological polar surface area (TPSA) is 116 Å². The summed E-state index contributed by atoms with van der Waals surface area (Å²) in [5, 5.41) is 8.05. The third-order valence-corrected chi connectivity index (χ3v) is 7.07. The number of nitrogens with one attached hydrogen (secondary N) is 1. The molecule has 1 atom stereocenters. The number of nitrogens with zero attached hydrogens (tertiary/aromatic N) is 3. The normalized spacial score (nSPS) is 20.6. The van der Waals surface area contributed by atoms with E-state index in [0.29, 0.717) is 30.8 Å². The minimum Gasteiger partial charge on any atom is -0.339 e. The van der Waals surface area contributed by atoms with Crippen LogP contribution in [0.5, 0.6) is 0 Å². The van der Waals surface area contributed by atoms with Crippen LogP contribution < -0.4 is 5.32 Å². The van der Waals surface area contributed by atoms with E-state index in [1.807, 2.05) is 13.8 Å². The molecule has 2 aliphatic heterocycles. The zero-order chi connectivity index (χ0) is 21.9. The summed E-state index contributed by atoms with van der Waals surface area (Å²) in [6, 6.07) is 6.07. The van der Waals surface area contributed by atoms with Crippen molar-refractivity contribution in [3.63, 3.8) is 0 Å². The second-order valence-corrected chi connectivity index (χ2v) is 9.58. The van der Waals surface area contributed by atoms with Gasteiger partial charge >= 0.3 is 0 Å². The summed E-state index contributed by atoms with van der Waals surface area (Å²) in [4.78, 5) is 38.9. The fourth-order valence-corrected chi connectivity index (χ4v) is 5.27. The molecule has 1 aromatic rings. The second-order valence-electron chi connectivity index (χ2n) is 7.35. The predicted molar refractivity (Wildman–Crippen MR) is 113 cm³/mol. The SMILES string of the molecule is CCN(CC)C(=O)c1ccc(NC(=O)C2=NN(C3CCS(=O)(=O)C3)C(=O)CC2)cc1. The van der Waals surface area contributed by atoms with Gasteiger partial charge in [-0.15, -0.1) is 0 Å². The van der Waals surface area contributed by atoms with E-state index < -0.39 is 21.8 Å². The minimum atomic E-state index is -3.17. The Morgan fingerprint density at radius 2 is 1.83 bits per heavy atom. The maximum Gasteiger partial charge on any atom is 0.271 e. The average molecular weight is 435 g/mol. The molecule has 0 aliphatic carbocycles. The molecule has 30 heavy (non-hydrogen) atoms. The van der Waals surface area contributed by atoms with E-state index in [4.69, 9.17) is 0 Å². The van der Waals surface area contributed by atoms with Gasteiger partial charge in [-0.05, 0) is 44.5 Å². The summed E-state index contributed by atoms with van der Waals surface area (Å²) in [5.41, 5.74) is 1.22. The molecule has 0 radical (unpaired) electrons.